The van der Waals surface area contributed by atoms with E-state index in [1.54, 1.807) is 7.11 Å². The normalized spacial score (nSPS) is 12.3. The summed E-state index contributed by atoms with van der Waals surface area (Å²) in [5.41, 5.74) is 3.28. The Morgan fingerprint density at radius 1 is 1.11 bits per heavy atom. The van der Waals surface area contributed by atoms with Gasteiger partial charge in [-0.3, -0.25) is 4.79 Å². The minimum absolute atomic E-state index is 0.136. The van der Waals surface area contributed by atoms with Gasteiger partial charge in [-0.2, -0.15) is 0 Å². The number of aromatic amines is 1. The molecule has 3 rings (SSSR count). The maximum atomic E-state index is 13.0. The van der Waals surface area contributed by atoms with Crippen molar-refractivity contribution in [2.45, 2.75) is 33.2 Å². The van der Waals surface area contributed by atoms with Crippen molar-refractivity contribution < 1.29 is 9.53 Å². The van der Waals surface area contributed by atoms with Crippen molar-refractivity contribution in [1.82, 2.24) is 9.88 Å². The molecule has 0 aliphatic rings. The average molecular weight is 364 g/mol. The van der Waals surface area contributed by atoms with Crippen LogP contribution >= 0.6 is 0 Å². The molecule has 27 heavy (non-hydrogen) atoms. The van der Waals surface area contributed by atoms with E-state index in [4.69, 9.17) is 4.74 Å². The molecule has 0 aliphatic heterocycles. The van der Waals surface area contributed by atoms with Crippen LogP contribution in [0.25, 0.3) is 10.9 Å². The summed E-state index contributed by atoms with van der Waals surface area (Å²) in [6, 6.07) is 16.1. The topological polar surface area (TPSA) is 45.3 Å². The highest BCUT2D eigenvalue weighted by Crippen LogP contribution is 2.35. The van der Waals surface area contributed by atoms with Gasteiger partial charge in [-0.05, 0) is 36.6 Å². The van der Waals surface area contributed by atoms with Crippen LogP contribution in [0.2, 0.25) is 0 Å². The zero-order valence-electron chi connectivity index (χ0n) is 16.5. The van der Waals surface area contributed by atoms with Crippen molar-refractivity contribution in [2.75, 3.05) is 13.7 Å². The number of amides is 1. The second-order valence-corrected chi connectivity index (χ2v) is 7.24. The van der Waals surface area contributed by atoms with Gasteiger partial charge in [-0.25, -0.2) is 0 Å². The fraction of sp³-hybridized carbons (Fsp3) is 0.348. The molecule has 0 unspecified atom stereocenters. The lowest BCUT2D eigenvalue weighted by atomic mass is 9.95. The van der Waals surface area contributed by atoms with Gasteiger partial charge in [-0.15, -0.1) is 0 Å². The summed E-state index contributed by atoms with van der Waals surface area (Å²) in [5, 5.41) is 1.15. The number of methoxy groups -OCH3 is 1. The standard InChI is InChI=1S/C23H28N2O2/c1-5-25(22(26)14-16(2)3)23(17-10-12-18(27-4)13-11-17)20-15-24-21-9-7-6-8-19(20)21/h6-13,15-16,23-24H,5,14H2,1-4H3/t23-/m0/s1. The fourth-order valence-electron chi connectivity index (χ4n) is 3.60. The van der Waals surface area contributed by atoms with E-state index < -0.39 is 0 Å². The number of fused-ring (bicyclic) bond motifs is 1. The number of nitrogens with zero attached hydrogens (tertiary/aromatic N) is 1. The van der Waals surface area contributed by atoms with Crippen LogP contribution in [-0.4, -0.2) is 29.4 Å². The average Bonchev–Trinajstić information content (AvgIpc) is 3.09. The largest absolute Gasteiger partial charge is 0.497 e. The van der Waals surface area contributed by atoms with Gasteiger partial charge in [0.25, 0.3) is 0 Å². The number of ether oxygens (including phenoxy) is 1. The van der Waals surface area contributed by atoms with Crippen LogP contribution in [0.3, 0.4) is 0 Å². The quantitative estimate of drug-likeness (QED) is 0.629. The number of carbonyl (C=O) groups is 1. The van der Waals surface area contributed by atoms with Crippen molar-refractivity contribution in [1.29, 1.82) is 0 Å². The highest BCUT2D eigenvalue weighted by molar-refractivity contribution is 5.85. The van der Waals surface area contributed by atoms with Crippen LogP contribution in [0, 0.1) is 5.92 Å². The van der Waals surface area contributed by atoms with Crippen LogP contribution in [0.4, 0.5) is 0 Å². The number of H-pyrrole nitrogens is 1. The Bertz CT molecular complexity index is 896. The van der Waals surface area contributed by atoms with E-state index in [9.17, 15) is 4.79 Å². The zero-order valence-corrected chi connectivity index (χ0v) is 16.5. The zero-order chi connectivity index (χ0) is 19.4. The number of rotatable bonds is 7. The second kappa shape index (κ2) is 8.30. The van der Waals surface area contributed by atoms with Crippen molar-refractivity contribution in [3.05, 3.63) is 65.9 Å². The molecular weight excluding hydrogens is 336 g/mol. The number of para-hydroxylation sites is 1. The monoisotopic (exact) mass is 364 g/mol. The summed E-state index contributed by atoms with van der Waals surface area (Å²) in [7, 11) is 1.66. The van der Waals surface area contributed by atoms with Crippen molar-refractivity contribution in [3.63, 3.8) is 0 Å². The molecule has 4 heteroatoms. The van der Waals surface area contributed by atoms with E-state index in [1.165, 1.54) is 0 Å². The molecule has 4 nitrogen and oxygen atoms in total. The van der Waals surface area contributed by atoms with Gasteiger partial charge in [0, 0.05) is 35.6 Å². The third kappa shape index (κ3) is 4.00. The summed E-state index contributed by atoms with van der Waals surface area (Å²) in [5.74, 6) is 1.32. The first-order valence-electron chi connectivity index (χ1n) is 9.54. The molecule has 3 aromatic rings. The molecule has 1 heterocycles. The number of carbonyl (C=O) groups excluding carboxylic acids is 1. The van der Waals surface area contributed by atoms with E-state index in [0.29, 0.717) is 18.9 Å². The van der Waals surface area contributed by atoms with Crippen LogP contribution in [-0.2, 0) is 4.79 Å². The Balaban J connectivity index is 2.11. The summed E-state index contributed by atoms with van der Waals surface area (Å²) < 4.78 is 5.31. The molecule has 0 aliphatic carbocycles. The lowest BCUT2D eigenvalue weighted by molar-refractivity contribution is -0.133. The molecule has 1 aromatic heterocycles. The molecule has 0 saturated heterocycles. The summed E-state index contributed by atoms with van der Waals surface area (Å²) >= 11 is 0. The highest BCUT2D eigenvalue weighted by atomic mass is 16.5. The number of aromatic nitrogens is 1. The first-order valence-corrected chi connectivity index (χ1v) is 9.54. The van der Waals surface area contributed by atoms with Gasteiger partial charge in [0.15, 0.2) is 0 Å². The van der Waals surface area contributed by atoms with Gasteiger partial charge in [0.05, 0.1) is 13.2 Å². The lowest BCUT2D eigenvalue weighted by Gasteiger charge is -2.32. The van der Waals surface area contributed by atoms with Crippen molar-refractivity contribution in [3.8, 4) is 5.75 Å². The van der Waals surface area contributed by atoms with Gasteiger partial charge >= 0.3 is 0 Å². The van der Waals surface area contributed by atoms with E-state index >= 15 is 0 Å². The molecule has 2 aromatic carbocycles. The Morgan fingerprint density at radius 2 is 1.81 bits per heavy atom. The van der Waals surface area contributed by atoms with Gasteiger partial charge < -0.3 is 14.6 Å². The Morgan fingerprint density at radius 3 is 2.44 bits per heavy atom. The lowest BCUT2D eigenvalue weighted by Crippen LogP contribution is -2.36. The molecule has 0 bridgehead atoms. The number of nitrogens with one attached hydrogen (secondary N) is 1. The molecule has 1 atom stereocenters. The summed E-state index contributed by atoms with van der Waals surface area (Å²) in [6.45, 7) is 6.87. The minimum Gasteiger partial charge on any atom is -0.497 e. The van der Waals surface area contributed by atoms with Crippen LogP contribution in [0.5, 0.6) is 5.75 Å². The maximum Gasteiger partial charge on any atom is 0.223 e. The number of benzene rings is 2. The summed E-state index contributed by atoms with van der Waals surface area (Å²) in [4.78, 5) is 18.4. The smallest absolute Gasteiger partial charge is 0.223 e. The van der Waals surface area contributed by atoms with Crippen LogP contribution in [0.1, 0.15) is 44.4 Å². The second-order valence-electron chi connectivity index (χ2n) is 7.24. The molecule has 142 valence electrons. The molecule has 0 fully saturated rings. The van der Waals surface area contributed by atoms with Crippen LogP contribution in [0.15, 0.2) is 54.7 Å². The fourth-order valence-corrected chi connectivity index (χ4v) is 3.60. The molecule has 1 N–H and O–H groups in total. The SMILES string of the molecule is CCN(C(=O)CC(C)C)[C@@H](c1ccc(OC)cc1)c1c[nH]c2ccccc12. The van der Waals surface area contributed by atoms with Crippen molar-refractivity contribution >= 4 is 16.8 Å². The highest BCUT2D eigenvalue weighted by Gasteiger charge is 2.28. The molecule has 0 saturated carbocycles. The number of hydrogen-bond acceptors (Lipinski definition) is 2. The van der Waals surface area contributed by atoms with E-state index in [1.807, 2.05) is 42.3 Å². The van der Waals surface area contributed by atoms with Gasteiger partial charge in [-0.1, -0.05) is 44.2 Å². The third-order valence-electron chi connectivity index (χ3n) is 4.90. The predicted molar refractivity (Wildman–Crippen MR) is 110 cm³/mol. The third-order valence-corrected chi connectivity index (χ3v) is 4.90. The first-order chi connectivity index (χ1) is 13.0. The predicted octanol–water partition coefficient (Wildman–Crippen LogP) is 5.16. The van der Waals surface area contributed by atoms with E-state index in [0.717, 1.165) is 27.8 Å². The van der Waals surface area contributed by atoms with Gasteiger partial charge in [0.2, 0.25) is 5.91 Å². The van der Waals surface area contributed by atoms with Crippen LogP contribution < -0.4 is 4.74 Å². The van der Waals surface area contributed by atoms with Crippen molar-refractivity contribution in [2.24, 2.45) is 5.92 Å². The summed E-state index contributed by atoms with van der Waals surface area (Å²) in [6.07, 6.45) is 2.58. The molecule has 0 radical (unpaired) electrons. The molecule has 0 spiro atoms. The maximum absolute atomic E-state index is 13.0. The van der Waals surface area contributed by atoms with Gasteiger partial charge in [0.1, 0.15) is 5.75 Å². The number of hydrogen-bond donors (Lipinski definition) is 1. The van der Waals surface area contributed by atoms with E-state index in [-0.39, 0.29) is 11.9 Å². The minimum atomic E-state index is -0.136. The Hall–Kier alpha value is -2.75. The first kappa shape index (κ1) is 19.0. The molecular formula is C23H28N2O2. The van der Waals surface area contributed by atoms with E-state index in [2.05, 4.69) is 43.1 Å². The Kier molecular flexibility index (Phi) is 5.84. The Labute approximate surface area is 161 Å². The molecule has 1 amide bonds.